The topological polar surface area (TPSA) is 49.5 Å². The van der Waals surface area contributed by atoms with Crippen molar-refractivity contribution in [2.75, 3.05) is 19.7 Å². The lowest BCUT2D eigenvalue weighted by Crippen LogP contribution is -2.46. The fourth-order valence-electron chi connectivity index (χ4n) is 3.00. The Hall–Kier alpha value is -0.900. The average molecular weight is 262 g/mol. The highest BCUT2D eigenvalue weighted by Gasteiger charge is 2.34. The number of hydrogen-bond acceptors (Lipinski definition) is 3. The summed E-state index contributed by atoms with van der Waals surface area (Å²) in [6.07, 6.45) is 3.29. The second-order valence-electron chi connectivity index (χ2n) is 6.33. The molecular formula is C16H26N2O. The summed E-state index contributed by atoms with van der Waals surface area (Å²) in [6.45, 7) is 6.66. The Balaban J connectivity index is 2.04. The molecule has 1 atom stereocenters. The van der Waals surface area contributed by atoms with Gasteiger partial charge in [0.15, 0.2) is 0 Å². The van der Waals surface area contributed by atoms with E-state index in [0.29, 0.717) is 0 Å². The van der Waals surface area contributed by atoms with E-state index in [9.17, 15) is 5.11 Å². The van der Waals surface area contributed by atoms with Gasteiger partial charge < -0.3 is 10.8 Å². The van der Waals surface area contributed by atoms with Crippen molar-refractivity contribution in [2.24, 2.45) is 5.73 Å². The van der Waals surface area contributed by atoms with Gasteiger partial charge in [-0.15, -0.1) is 0 Å². The van der Waals surface area contributed by atoms with Gasteiger partial charge in [0.05, 0.1) is 12.1 Å². The maximum atomic E-state index is 9.70. The zero-order valence-corrected chi connectivity index (χ0v) is 12.1. The predicted octanol–water partition coefficient (Wildman–Crippen LogP) is 2.10. The van der Waals surface area contributed by atoms with Gasteiger partial charge in [0.2, 0.25) is 0 Å². The van der Waals surface area contributed by atoms with E-state index < -0.39 is 5.54 Å². The number of aliphatic hydroxyl groups is 1. The van der Waals surface area contributed by atoms with Crippen molar-refractivity contribution >= 4 is 0 Å². The molecule has 1 aliphatic rings. The van der Waals surface area contributed by atoms with Crippen LogP contribution >= 0.6 is 0 Å². The van der Waals surface area contributed by atoms with Gasteiger partial charge >= 0.3 is 0 Å². The highest BCUT2D eigenvalue weighted by molar-refractivity contribution is 5.24. The first kappa shape index (κ1) is 14.5. The van der Waals surface area contributed by atoms with Gasteiger partial charge in [0.25, 0.3) is 0 Å². The molecule has 19 heavy (non-hydrogen) atoms. The van der Waals surface area contributed by atoms with Gasteiger partial charge in [-0.2, -0.15) is 0 Å². The predicted molar refractivity (Wildman–Crippen MR) is 78.9 cm³/mol. The maximum absolute atomic E-state index is 9.70. The van der Waals surface area contributed by atoms with Crippen LogP contribution in [0.5, 0.6) is 0 Å². The third kappa shape index (κ3) is 3.16. The number of aliphatic hydroxyl groups excluding tert-OH is 1. The van der Waals surface area contributed by atoms with E-state index in [1.54, 1.807) is 0 Å². The first-order valence-electron chi connectivity index (χ1n) is 7.18. The van der Waals surface area contributed by atoms with Gasteiger partial charge in [-0.25, -0.2) is 0 Å². The van der Waals surface area contributed by atoms with Crippen molar-refractivity contribution < 1.29 is 5.11 Å². The van der Waals surface area contributed by atoms with Crippen LogP contribution in [0, 0.1) is 0 Å². The zero-order valence-electron chi connectivity index (χ0n) is 12.1. The first-order chi connectivity index (χ1) is 8.98. The van der Waals surface area contributed by atoms with E-state index in [-0.39, 0.29) is 12.1 Å². The Labute approximate surface area is 116 Å². The third-order valence-electron chi connectivity index (χ3n) is 4.53. The largest absolute Gasteiger partial charge is 0.394 e. The van der Waals surface area contributed by atoms with Crippen molar-refractivity contribution in [1.82, 2.24) is 4.90 Å². The second kappa shape index (κ2) is 5.61. The molecule has 1 aromatic carbocycles. The normalized spacial score (nSPS) is 22.3. The van der Waals surface area contributed by atoms with E-state index in [0.717, 1.165) is 25.1 Å². The molecule has 3 heteroatoms. The van der Waals surface area contributed by atoms with Crippen LogP contribution in [0.15, 0.2) is 30.3 Å². The van der Waals surface area contributed by atoms with Crippen molar-refractivity contribution in [2.45, 2.75) is 44.2 Å². The number of nitrogens with zero attached hydrogens (tertiary/aromatic N) is 1. The van der Waals surface area contributed by atoms with Crippen LogP contribution in [0.4, 0.5) is 0 Å². The minimum atomic E-state index is -0.625. The van der Waals surface area contributed by atoms with Crippen LogP contribution in [-0.2, 0) is 5.54 Å². The molecule has 0 aromatic heterocycles. The van der Waals surface area contributed by atoms with Gasteiger partial charge in [-0.05, 0) is 45.2 Å². The van der Waals surface area contributed by atoms with Gasteiger partial charge in [-0.1, -0.05) is 30.3 Å². The minimum Gasteiger partial charge on any atom is -0.394 e. The highest BCUT2D eigenvalue weighted by Crippen LogP contribution is 2.30. The number of rotatable bonds is 5. The van der Waals surface area contributed by atoms with Crippen LogP contribution in [0.3, 0.4) is 0 Å². The average Bonchev–Trinajstić information content (AvgIpc) is 2.76. The molecule has 1 aromatic rings. The summed E-state index contributed by atoms with van der Waals surface area (Å²) in [5.41, 5.74) is 7.08. The smallest absolute Gasteiger partial charge is 0.0656 e. The van der Waals surface area contributed by atoms with E-state index in [1.165, 1.54) is 12.8 Å². The fraction of sp³-hybridized carbons (Fsp3) is 0.625. The molecule has 1 aliphatic heterocycles. The summed E-state index contributed by atoms with van der Waals surface area (Å²) in [4.78, 5) is 2.49. The molecule has 0 radical (unpaired) electrons. The molecule has 3 N–H and O–H groups in total. The van der Waals surface area contributed by atoms with Gasteiger partial charge in [0.1, 0.15) is 0 Å². The molecule has 1 unspecified atom stereocenters. The molecule has 2 rings (SSSR count). The first-order valence-corrected chi connectivity index (χ1v) is 7.18. The Morgan fingerprint density at radius 2 is 2.00 bits per heavy atom. The van der Waals surface area contributed by atoms with Gasteiger partial charge in [-0.3, -0.25) is 4.90 Å². The molecule has 1 heterocycles. The molecule has 0 bridgehead atoms. The van der Waals surface area contributed by atoms with E-state index in [1.807, 2.05) is 30.3 Å². The standard InChI is InChI=1S/C16H26N2O/c1-15(2)9-6-11-18(15)12-10-16(17,13-19)14-7-4-3-5-8-14/h3-5,7-8,19H,6,9-13,17H2,1-2H3. The molecule has 106 valence electrons. The lowest BCUT2D eigenvalue weighted by molar-refractivity contribution is 0.130. The maximum Gasteiger partial charge on any atom is 0.0656 e. The minimum absolute atomic E-state index is 0.00865. The summed E-state index contributed by atoms with van der Waals surface area (Å²) in [5.74, 6) is 0. The summed E-state index contributed by atoms with van der Waals surface area (Å²) >= 11 is 0. The van der Waals surface area contributed by atoms with Crippen LogP contribution in [0.25, 0.3) is 0 Å². The highest BCUT2D eigenvalue weighted by atomic mass is 16.3. The summed E-state index contributed by atoms with van der Waals surface area (Å²) < 4.78 is 0. The third-order valence-corrected chi connectivity index (χ3v) is 4.53. The molecule has 0 spiro atoms. The van der Waals surface area contributed by atoms with Crippen molar-refractivity contribution in [1.29, 1.82) is 0 Å². The molecule has 3 nitrogen and oxygen atoms in total. The Morgan fingerprint density at radius 3 is 2.53 bits per heavy atom. The number of likely N-dealkylation sites (tertiary alicyclic amines) is 1. The lowest BCUT2D eigenvalue weighted by atomic mass is 9.88. The quantitative estimate of drug-likeness (QED) is 0.854. The fourth-order valence-corrected chi connectivity index (χ4v) is 3.00. The number of hydrogen-bond donors (Lipinski definition) is 2. The zero-order chi connectivity index (χ0) is 13.9. The van der Waals surface area contributed by atoms with Crippen LogP contribution in [-0.4, -0.2) is 35.2 Å². The van der Waals surface area contributed by atoms with Crippen molar-refractivity contribution in [3.8, 4) is 0 Å². The van der Waals surface area contributed by atoms with Crippen molar-refractivity contribution in [3.63, 3.8) is 0 Å². The lowest BCUT2D eigenvalue weighted by Gasteiger charge is -2.35. The van der Waals surface area contributed by atoms with E-state index in [2.05, 4.69) is 18.7 Å². The molecule has 0 aliphatic carbocycles. The number of benzene rings is 1. The molecule has 0 amide bonds. The molecule has 1 saturated heterocycles. The SMILES string of the molecule is CC1(C)CCCN1CCC(N)(CO)c1ccccc1. The van der Waals surface area contributed by atoms with E-state index >= 15 is 0 Å². The number of nitrogens with two attached hydrogens (primary N) is 1. The van der Waals surface area contributed by atoms with Crippen LogP contribution in [0.2, 0.25) is 0 Å². The monoisotopic (exact) mass is 262 g/mol. The molecule has 0 saturated carbocycles. The molecular weight excluding hydrogens is 236 g/mol. The Kier molecular flexibility index (Phi) is 4.29. The van der Waals surface area contributed by atoms with Crippen LogP contribution < -0.4 is 5.73 Å². The second-order valence-corrected chi connectivity index (χ2v) is 6.33. The molecule has 1 fully saturated rings. The van der Waals surface area contributed by atoms with Crippen LogP contribution in [0.1, 0.15) is 38.7 Å². The van der Waals surface area contributed by atoms with E-state index in [4.69, 9.17) is 5.73 Å². The Bertz CT molecular complexity index is 404. The summed E-state index contributed by atoms with van der Waals surface area (Å²) in [7, 11) is 0. The Morgan fingerprint density at radius 1 is 1.32 bits per heavy atom. The summed E-state index contributed by atoms with van der Waals surface area (Å²) in [5, 5.41) is 9.70. The van der Waals surface area contributed by atoms with Crippen molar-refractivity contribution in [3.05, 3.63) is 35.9 Å². The summed E-state index contributed by atoms with van der Waals surface area (Å²) in [6, 6.07) is 9.94. The van der Waals surface area contributed by atoms with Gasteiger partial charge in [0, 0.05) is 12.1 Å².